The molecule has 2 aliphatic rings. The van der Waals surface area contributed by atoms with E-state index in [0.29, 0.717) is 0 Å². The summed E-state index contributed by atoms with van der Waals surface area (Å²) in [5, 5.41) is 3.55. The Morgan fingerprint density at radius 1 is 1.11 bits per heavy atom. The van der Waals surface area contributed by atoms with Crippen LogP contribution in [0.25, 0.3) is 0 Å². The van der Waals surface area contributed by atoms with Gasteiger partial charge in [0.15, 0.2) is 0 Å². The Kier molecular flexibility index (Phi) is 4.40. The minimum absolute atomic E-state index is 0.00784. The van der Waals surface area contributed by atoms with Gasteiger partial charge < -0.3 is 14.6 Å². The van der Waals surface area contributed by atoms with Crippen LogP contribution in [0.1, 0.15) is 59.8 Å². The first kappa shape index (κ1) is 14.4. The molecule has 1 unspecified atom stereocenters. The van der Waals surface area contributed by atoms with Crippen molar-refractivity contribution >= 4 is 7.12 Å². The second-order valence-corrected chi connectivity index (χ2v) is 6.76. The molecule has 2 saturated heterocycles. The number of hydrogen-bond donors (Lipinski definition) is 1. The van der Waals surface area contributed by atoms with E-state index in [1.165, 1.54) is 38.6 Å². The van der Waals surface area contributed by atoms with Crippen molar-refractivity contribution in [3.63, 3.8) is 0 Å². The van der Waals surface area contributed by atoms with Gasteiger partial charge in [-0.25, -0.2) is 0 Å². The summed E-state index contributed by atoms with van der Waals surface area (Å²) in [6.07, 6.45) is 7.52. The molecule has 0 aromatic carbocycles. The molecule has 2 rings (SSSR count). The van der Waals surface area contributed by atoms with Crippen molar-refractivity contribution in [3.8, 4) is 0 Å². The lowest BCUT2D eigenvalue weighted by Gasteiger charge is -2.32. The van der Waals surface area contributed by atoms with Crippen molar-refractivity contribution in [2.45, 2.75) is 83.4 Å². The maximum absolute atomic E-state index is 6.00. The van der Waals surface area contributed by atoms with Crippen LogP contribution in [0.5, 0.6) is 0 Å². The van der Waals surface area contributed by atoms with E-state index < -0.39 is 0 Å². The molecule has 0 aliphatic carbocycles. The lowest BCUT2D eigenvalue weighted by atomic mass is 9.82. The normalized spacial score (nSPS) is 30.0. The predicted octanol–water partition coefficient (Wildman–Crippen LogP) is 3.00. The SMILES string of the molecule is CC1(C)OB(CCCCC2CCCN2)OC1(C)C. The summed E-state index contributed by atoms with van der Waals surface area (Å²) in [6, 6.07) is 0.767. The minimum atomic E-state index is -0.176. The molecule has 0 radical (unpaired) electrons. The Morgan fingerprint density at radius 3 is 2.33 bits per heavy atom. The van der Waals surface area contributed by atoms with Gasteiger partial charge in [-0.2, -0.15) is 0 Å². The third-order valence-corrected chi connectivity index (χ3v) is 4.71. The van der Waals surface area contributed by atoms with Gasteiger partial charge in [0.1, 0.15) is 0 Å². The van der Waals surface area contributed by atoms with Gasteiger partial charge in [-0.15, -0.1) is 0 Å². The third-order valence-electron chi connectivity index (χ3n) is 4.71. The molecule has 104 valence electrons. The summed E-state index contributed by atoms with van der Waals surface area (Å²) >= 11 is 0. The number of unbranched alkanes of at least 4 members (excludes halogenated alkanes) is 1. The largest absolute Gasteiger partial charge is 0.457 e. The van der Waals surface area contributed by atoms with Crippen molar-refractivity contribution in [1.29, 1.82) is 0 Å². The van der Waals surface area contributed by atoms with E-state index in [0.717, 1.165) is 12.4 Å². The molecule has 0 amide bonds. The summed E-state index contributed by atoms with van der Waals surface area (Å²) < 4.78 is 12.0. The van der Waals surface area contributed by atoms with Crippen molar-refractivity contribution < 1.29 is 9.31 Å². The van der Waals surface area contributed by atoms with Crippen LogP contribution >= 0.6 is 0 Å². The molecule has 2 fully saturated rings. The van der Waals surface area contributed by atoms with E-state index in [4.69, 9.17) is 9.31 Å². The van der Waals surface area contributed by atoms with Crippen LogP contribution in [0.4, 0.5) is 0 Å². The van der Waals surface area contributed by atoms with Crippen molar-refractivity contribution in [2.75, 3.05) is 6.54 Å². The zero-order valence-electron chi connectivity index (χ0n) is 12.4. The van der Waals surface area contributed by atoms with Gasteiger partial charge in [0, 0.05) is 6.04 Å². The maximum Gasteiger partial charge on any atom is 0.457 e. The van der Waals surface area contributed by atoms with Gasteiger partial charge in [0.25, 0.3) is 0 Å². The van der Waals surface area contributed by atoms with Crippen LogP contribution in [-0.2, 0) is 9.31 Å². The second kappa shape index (κ2) is 5.52. The summed E-state index contributed by atoms with van der Waals surface area (Å²) in [5.74, 6) is 0. The molecule has 0 aromatic rings. The van der Waals surface area contributed by atoms with Gasteiger partial charge in [-0.05, 0) is 59.8 Å². The van der Waals surface area contributed by atoms with Gasteiger partial charge in [-0.1, -0.05) is 12.8 Å². The van der Waals surface area contributed by atoms with E-state index in [2.05, 4.69) is 33.0 Å². The number of hydrogen-bond acceptors (Lipinski definition) is 3. The van der Waals surface area contributed by atoms with Crippen LogP contribution < -0.4 is 5.32 Å². The average molecular weight is 253 g/mol. The van der Waals surface area contributed by atoms with Crippen molar-refractivity contribution in [1.82, 2.24) is 5.32 Å². The Morgan fingerprint density at radius 2 is 1.78 bits per heavy atom. The third kappa shape index (κ3) is 3.28. The second-order valence-electron chi connectivity index (χ2n) is 6.76. The molecule has 18 heavy (non-hydrogen) atoms. The Hall–Kier alpha value is -0.0551. The lowest BCUT2D eigenvalue weighted by Crippen LogP contribution is -2.41. The summed E-state index contributed by atoms with van der Waals surface area (Å²) in [6.45, 7) is 9.69. The first-order valence-corrected chi connectivity index (χ1v) is 7.50. The summed E-state index contributed by atoms with van der Waals surface area (Å²) in [7, 11) is -0.00784. The van der Waals surface area contributed by atoms with Crippen LogP contribution in [0.15, 0.2) is 0 Å². The highest BCUT2D eigenvalue weighted by atomic mass is 16.7. The molecule has 2 aliphatic heterocycles. The predicted molar refractivity (Wildman–Crippen MR) is 75.8 cm³/mol. The van der Waals surface area contributed by atoms with E-state index in [-0.39, 0.29) is 18.3 Å². The fraction of sp³-hybridized carbons (Fsp3) is 1.00. The molecule has 0 aromatic heterocycles. The van der Waals surface area contributed by atoms with Crippen molar-refractivity contribution in [3.05, 3.63) is 0 Å². The Balaban J connectivity index is 1.63. The monoisotopic (exact) mass is 253 g/mol. The number of rotatable bonds is 5. The van der Waals surface area contributed by atoms with E-state index >= 15 is 0 Å². The highest BCUT2D eigenvalue weighted by Crippen LogP contribution is 2.38. The summed E-state index contributed by atoms with van der Waals surface area (Å²) in [4.78, 5) is 0. The molecule has 2 heterocycles. The quantitative estimate of drug-likeness (QED) is 0.603. The molecular weight excluding hydrogens is 225 g/mol. The van der Waals surface area contributed by atoms with Crippen molar-refractivity contribution in [2.24, 2.45) is 0 Å². The minimum Gasteiger partial charge on any atom is -0.403 e. The maximum atomic E-state index is 6.00. The van der Waals surface area contributed by atoms with Crippen LogP contribution in [0.2, 0.25) is 6.32 Å². The number of nitrogens with one attached hydrogen (secondary N) is 1. The molecule has 1 N–H and O–H groups in total. The highest BCUT2D eigenvalue weighted by Gasteiger charge is 2.50. The molecule has 1 atom stereocenters. The molecule has 3 nitrogen and oxygen atoms in total. The van der Waals surface area contributed by atoms with Gasteiger partial charge >= 0.3 is 7.12 Å². The molecule has 4 heteroatoms. The van der Waals surface area contributed by atoms with Gasteiger partial charge in [-0.3, -0.25) is 0 Å². The zero-order valence-corrected chi connectivity index (χ0v) is 12.4. The molecular formula is C14H28BNO2. The van der Waals surface area contributed by atoms with Gasteiger partial charge in [0.2, 0.25) is 0 Å². The average Bonchev–Trinajstić information content (AvgIpc) is 2.81. The lowest BCUT2D eigenvalue weighted by molar-refractivity contribution is 0.00578. The fourth-order valence-corrected chi connectivity index (χ4v) is 2.79. The van der Waals surface area contributed by atoms with Crippen LogP contribution in [-0.4, -0.2) is 30.9 Å². The molecule has 0 bridgehead atoms. The van der Waals surface area contributed by atoms with Gasteiger partial charge in [0.05, 0.1) is 11.2 Å². The topological polar surface area (TPSA) is 30.5 Å². The summed E-state index contributed by atoms with van der Waals surface area (Å²) in [5.41, 5.74) is -0.352. The standard InChI is InChI=1S/C14H28BNO2/c1-13(2)14(3,4)18-15(17-13)10-6-5-8-12-9-7-11-16-12/h12,16H,5-11H2,1-4H3. The van der Waals surface area contributed by atoms with Crippen LogP contribution in [0.3, 0.4) is 0 Å². The first-order chi connectivity index (χ1) is 8.41. The zero-order chi connectivity index (χ0) is 13.2. The molecule has 0 saturated carbocycles. The highest BCUT2D eigenvalue weighted by molar-refractivity contribution is 6.45. The van der Waals surface area contributed by atoms with E-state index in [1.54, 1.807) is 0 Å². The fourth-order valence-electron chi connectivity index (χ4n) is 2.79. The van der Waals surface area contributed by atoms with Crippen LogP contribution in [0, 0.1) is 0 Å². The smallest absolute Gasteiger partial charge is 0.403 e. The Bertz CT molecular complexity index is 259. The van der Waals surface area contributed by atoms with E-state index in [9.17, 15) is 0 Å². The Labute approximate surface area is 112 Å². The molecule has 0 spiro atoms. The van der Waals surface area contributed by atoms with E-state index in [1.807, 2.05) is 0 Å². The first-order valence-electron chi connectivity index (χ1n) is 7.50.